The molecule has 1 nitrogen and oxygen atoms in total. The molecule has 1 radical (unpaired) electrons. The molecule has 1 heterocycles. The Morgan fingerprint density at radius 1 is 1.08 bits per heavy atom. The molecule has 0 N–H and O–H groups in total. The van der Waals surface area contributed by atoms with E-state index < -0.39 is 0 Å². The third-order valence-corrected chi connectivity index (χ3v) is 2.53. The van der Waals surface area contributed by atoms with Crippen LogP contribution in [0.5, 0.6) is 0 Å². The van der Waals surface area contributed by atoms with Gasteiger partial charge in [-0.15, -0.1) is 0 Å². The Labute approximate surface area is 77.1 Å². The molecule has 1 fully saturated rings. The Balaban J connectivity index is 2.66. The van der Waals surface area contributed by atoms with Gasteiger partial charge in [-0.3, -0.25) is 0 Å². The van der Waals surface area contributed by atoms with Gasteiger partial charge in [0.2, 0.25) is 0 Å². The monoisotopic (exact) mass is 167 g/mol. The molecular formula is C10H20BO. The molecule has 0 saturated carbocycles. The van der Waals surface area contributed by atoms with E-state index >= 15 is 0 Å². The predicted octanol–water partition coefficient (Wildman–Crippen LogP) is 2.89. The molecule has 1 rings (SSSR count). The van der Waals surface area contributed by atoms with Crippen molar-refractivity contribution in [1.82, 2.24) is 0 Å². The first-order valence-electron chi connectivity index (χ1n) is 4.84. The molecule has 0 bridgehead atoms. The molecule has 0 spiro atoms. The summed E-state index contributed by atoms with van der Waals surface area (Å²) in [6, 6.07) is 0. The molecule has 0 aromatic carbocycles. The van der Waals surface area contributed by atoms with Gasteiger partial charge in [0.25, 0.3) is 0 Å². The van der Waals surface area contributed by atoms with Gasteiger partial charge in [-0.25, -0.2) is 0 Å². The molecule has 0 amide bonds. The van der Waals surface area contributed by atoms with Crippen molar-refractivity contribution in [2.75, 3.05) is 0 Å². The molecule has 2 heteroatoms. The van der Waals surface area contributed by atoms with Crippen molar-refractivity contribution in [2.24, 2.45) is 0 Å². The minimum absolute atomic E-state index is 0.0545. The van der Waals surface area contributed by atoms with Gasteiger partial charge in [0, 0.05) is 0 Å². The lowest BCUT2D eigenvalue weighted by molar-refractivity contribution is -0.154. The predicted molar refractivity (Wildman–Crippen MR) is 53.8 cm³/mol. The van der Waals surface area contributed by atoms with Crippen LogP contribution in [0.2, 0.25) is 12.6 Å². The fourth-order valence-corrected chi connectivity index (χ4v) is 2.40. The summed E-state index contributed by atoms with van der Waals surface area (Å²) >= 11 is 0. The fourth-order valence-electron chi connectivity index (χ4n) is 2.40. The van der Waals surface area contributed by atoms with Crippen molar-refractivity contribution in [1.29, 1.82) is 0 Å². The molecule has 12 heavy (non-hydrogen) atoms. The van der Waals surface area contributed by atoms with E-state index in [2.05, 4.69) is 41.8 Å². The number of hydrogen-bond acceptors (Lipinski definition) is 1. The highest BCUT2D eigenvalue weighted by Crippen LogP contribution is 2.40. The Kier molecular flexibility index (Phi) is 2.58. The zero-order chi connectivity index (χ0) is 9.41. The van der Waals surface area contributed by atoms with Gasteiger partial charge < -0.3 is 4.74 Å². The molecule has 0 aliphatic carbocycles. The van der Waals surface area contributed by atoms with Crippen molar-refractivity contribution in [3.63, 3.8) is 0 Å². The van der Waals surface area contributed by atoms with E-state index in [1.165, 1.54) is 0 Å². The molecule has 69 valence electrons. The maximum Gasteiger partial charge on any atom is 0.110 e. The highest BCUT2D eigenvalue weighted by Gasteiger charge is 2.38. The van der Waals surface area contributed by atoms with E-state index in [-0.39, 0.29) is 11.2 Å². The third-order valence-electron chi connectivity index (χ3n) is 2.53. The van der Waals surface area contributed by atoms with Crippen LogP contribution in [0.3, 0.4) is 0 Å². The van der Waals surface area contributed by atoms with Crippen LogP contribution in [0.25, 0.3) is 0 Å². The summed E-state index contributed by atoms with van der Waals surface area (Å²) in [7, 11) is 2.31. The molecule has 0 atom stereocenters. The second-order valence-electron chi connectivity index (χ2n) is 5.12. The van der Waals surface area contributed by atoms with E-state index in [0.717, 1.165) is 18.7 Å². The van der Waals surface area contributed by atoms with Crippen LogP contribution in [0.4, 0.5) is 0 Å². The Morgan fingerprint density at radius 2 is 1.50 bits per heavy atom. The average Bonchev–Trinajstić information content (AvgIpc) is 1.80. The Bertz CT molecular complexity index is 147. The second-order valence-corrected chi connectivity index (χ2v) is 5.12. The molecule has 1 aliphatic rings. The molecule has 1 aliphatic heterocycles. The molecular weight excluding hydrogens is 147 g/mol. The summed E-state index contributed by atoms with van der Waals surface area (Å²) in [6.07, 6.45) is 2.32. The van der Waals surface area contributed by atoms with Crippen LogP contribution in [-0.2, 0) is 4.74 Å². The van der Waals surface area contributed by atoms with Crippen LogP contribution >= 0.6 is 0 Å². The quantitative estimate of drug-likeness (QED) is 0.545. The zero-order valence-electron chi connectivity index (χ0n) is 8.98. The number of ether oxygens (including phenoxy) is 1. The van der Waals surface area contributed by atoms with Gasteiger partial charge in [0.1, 0.15) is 7.28 Å². The van der Waals surface area contributed by atoms with Crippen LogP contribution < -0.4 is 0 Å². The van der Waals surface area contributed by atoms with Gasteiger partial charge in [-0.05, 0) is 40.5 Å². The highest BCUT2D eigenvalue weighted by atomic mass is 16.5. The lowest BCUT2D eigenvalue weighted by Crippen LogP contribution is -2.44. The first kappa shape index (κ1) is 10.1. The van der Waals surface area contributed by atoms with Gasteiger partial charge in [-0.1, -0.05) is 12.6 Å². The minimum Gasteiger partial charge on any atom is -0.370 e. The molecule has 0 aromatic heterocycles. The molecule has 0 unspecified atom stereocenters. The zero-order valence-corrected chi connectivity index (χ0v) is 8.98. The van der Waals surface area contributed by atoms with Crippen LogP contribution in [-0.4, -0.2) is 18.5 Å². The topological polar surface area (TPSA) is 9.23 Å². The van der Waals surface area contributed by atoms with Gasteiger partial charge in [-0.2, -0.15) is 0 Å². The van der Waals surface area contributed by atoms with Gasteiger partial charge in [0.15, 0.2) is 0 Å². The van der Waals surface area contributed by atoms with Crippen molar-refractivity contribution < 1.29 is 4.74 Å². The van der Waals surface area contributed by atoms with Gasteiger partial charge in [0.05, 0.1) is 11.2 Å². The van der Waals surface area contributed by atoms with Crippen LogP contribution in [0, 0.1) is 0 Å². The van der Waals surface area contributed by atoms with E-state index in [9.17, 15) is 0 Å². The number of rotatable bonds is 1. The van der Waals surface area contributed by atoms with Crippen molar-refractivity contribution >= 4 is 7.28 Å². The standard InChI is InChI=1S/C10H20BO/c1-9(2)6-8(11-5)7-10(3,4)12-9/h8H,6-7H2,1-5H3. The number of hydrogen-bond donors (Lipinski definition) is 0. The normalized spacial score (nSPS) is 28.4. The lowest BCUT2D eigenvalue weighted by Gasteiger charge is -2.45. The minimum atomic E-state index is 0.0545. The highest BCUT2D eigenvalue weighted by molar-refractivity contribution is 6.35. The second kappa shape index (κ2) is 3.06. The average molecular weight is 167 g/mol. The molecule has 0 aromatic rings. The molecule has 1 saturated heterocycles. The first-order chi connectivity index (χ1) is 5.35. The van der Waals surface area contributed by atoms with Crippen molar-refractivity contribution in [3.05, 3.63) is 0 Å². The van der Waals surface area contributed by atoms with Crippen LogP contribution in [0.15, 0.2) is 0 Å². The summed E-state index contributed by atoms with van der Waals surface area (Å²) < 4.78 is 5.97. The Hall–Kier alpha value is 0.0249. The van der Waals surface area contributed by atoms with Crippen molar-refractivity contribution in [3.8, 4) is 0 Å². The summed E-state index contributed by atoms with van der Waals surface area (Å²) in [5, 5.41) is 0. The fraction of sp³-hybridized carbons (Fsp3) is 1.00. The summed E-state index contributed by atoms with van der Waals surface area (Å²) in [6.45, 7) is 10.9. The summed E-state index contributed by atoms with van der Waals surface area (Å²) in [4.78, 5) is 0. The van der Waals surface area contributed by atoms with Crippen molar-refractivity contribution in [2.45, 2.75) is 64.4 Å². The maximum atomic E-state index is 5.97. The van der Waals surface area contributed by atoms with E-state index in [1.54, 1.807) is 0 Å². The van der Waals surface area contributed by atoms with Gasteiger partial charge >= 0.3 is 0 Å². The van der Waals surface area contributed by atoms with E-state index in [0.29, 0.717) is 0 Å². The largest absolute Gasteiger partial charge is 0.370 e. The lowest BCUT2D eigenvalue weighted by atomic mass is 9.58. The summed E-state index contributed by atoms with van der Waals surface area (Å²) in [5.41, 5.74) is 0.109. The smallest absolute Gasteiger partial charge is 0.110 e. The van der Waals surface area contributed by atoms with E-state index in [4.69, 9.17) is 4.74 Å². The third kappa shape index (κ3) is 2.51. The SMILES string of the molecule is C[B]C1CC(C)(C)OC(C)(C)C1. The summed E-state index contributed by atoms with van der Waals surface area (Å²) in [5.74, 6) is 0.726. The van der Waals surface area contributed by atoms with E-state index in [1.807, 2.05) is 0 Å². The maximum absolute atomic E-state index is 5.97. The Morgan fingerprint density at radius 3 is 1.83 bits per heavy atom. The first-order valence-corrected chi connectivity index (χ1v) is 4.84. The van der Waals surface area contributed by atoms with Crippen LogP contribution in [0.1, 0.15) is 40.5 Å².